The van der Waals surface area contributed by atoms with Gasteiger partial charge < -0.3 is 10.1 Å². The second kappa shape index (κ2) is 5.67. The van der Waals surface area contributed by atoms with E-state index in [1.54, 1.807) is 16.9 Å². The van der Waals surface area contributed by atoms with Gasteiger partial charge in [0, 0.05) is 24.8 Å². The lowest BCUT2D eigenvalue weighted by molar-refractivity contribution is 0.160. The van der Waals surface area contributed by atoms with Crippen molar-refractivity contribution in [2.75, 3.05) is 31.0 Å². The van der Waals surface area contributed by atoms with Crippen LogP contribution in [-0.2, 0) is 4.74 Å². The minimum Gasteiger partial charge on any atom is -0.378 e. The summed E-state index contributed by atoms with van der Waals surface area (Å²) in [7, 11) is 0. The average molecular weight is 241 g/mol. The standard InChI is InChI=1S/C10H13ClN4O/c11-2-7-16-8-5-13-10-9-1-3-14-15(9)6-4-12-10/h1,3-4,6H,2,5,7-8H2,(H,12,13). The molecule has 0 bridgehead atoms. The summed E-state index contributed by atoms with van der Waals surface area (Å²) in [6.45, 7) is 1.89. The number of halogens is 1. The third-order valence-corrected chi connectivity index (χ3v) is 2.24. The summed E-state index contributed by atoms with van der Waals surface area (Å²) in [5.41, 5.74) is 0.958. The number of rotatable bonds is 6. The van der Waals surface area contributed by atoms with Crippen molar-refractivity contribution in [1.82, 2.24) is 14.6 Å². The van der Waals surface area contributed by atoms with E-state index in [2.05, 4.69) is 15.4 Å². The lowest BCUT2D eigenvalue weighted by atomic mass is 10.4. The zero-order valence-corrected chi connectivity index (χ0v) is 9.52. The van der Waals surface area contributed by atoms with Crippen LogP contribution in [0.4, 0.5) is 5.82 Å². The lowest BCUT2D eigenvalue weighted by Gasteiger charge is -2.06. The highest BCUT2D eigenvalue weighted by molar-refractivity contribution is 6.17. The molecule has 2 aromatic heterocycles. The molecule has 16 heavy (non-hydrogen) atoms. The first-order chi connectivity index (χ1) is 7.92. The number of anilines is 1. The number of hydrogen-bond acceptors (Lipinski definition) is 4. The largest absolute Gasteiger partial charge is 0.378 e. The summed E-state index contributed by atoms with van der Waals surface area (Å²) in [4.78, 5) is 4.24. The highest BCUT2D eigenvalue weighted by Crippen LogP contribution is 2.11. The number of fused-ring (bicyclic) bond motifs is 1. The fourth-order valence-electron chi connectivity index (χ4n) is 1.39. The minimum atomic E-state index is 0.524. The van der Waals surface area contributed by atoms with E-state index < -0.39 is 0 Å². The molecule has 0 aromatic carbocycles. The highest BCUT2D eigenvalue weighted by atomic mass is 35.5. The van der Waals surface area contributed by atoms with Gasteiger partial charge in [-0.3, -0.25) is 0 Å². The first kappa shape index (κ1) is 11.2. The van der Waals surface area contributed by atoms with Gasteiger partial charge in [-0.25, -0.2) is 9.50 Å². The van der Waals surface area contributed by atoms with Gasteiger partial charge in [0.1, 0.15) is 5.52 Å². The molecule has 2 heterocycles. The SMILES string of the molecule is ClCCOCCNc1nccn2nccc12. The Morgan fingerprint density at radius 1 is 1.38 bits per heavy atom. The van der Waals surface area contributed by atoms with Crippen LogP contribution in [-0.4, -0.2) is 40.2 Å². The molecular formula is C10H13ClN4O. The Bertz CT molecular complexity index is 445. The first-order valence-corrected chi connectivity index (χ1v) is 5.61. The van der Waals surface area contributed by atoms with Gasteiger partial charge in [0.05, 0.1) is 19.4 Å². The van der Waals surface area contributed by atoms with E-state index >= 15 is 0 Å². The lowest BCUT2D eigenvalue weighted by Crippen LogP contribution is -2.12. The van der Waals surface area contributed by atoms with Gasteiger partial charge in [0.15, 0.2) is 5.82 Å². The fraction of sp³-hybridized carbons (Fsp3) is 0.400. The van der Waals surface area contributed by atoms with E-state index in [-0.39, 0.29) is 0 Å². The van der Waals surface area contributed by atoms with Crippen LogP contribution in [0.3, 0.4) is 0 Å². The Morgan fingerprint density at radius 3 is 3.19 bits per heavy atom. The Morgan fingerprint density at radius 2 is 2.31 bits per heavy atom. The van der Waals surface area contributed by atoms with Crippen LogP contribution in [0, 0.1) is 0 Å². The smallest absolute Gasteiger partial charge is 0.152 e. The number of hydrogen-bond donors (Lipinski definition) is 1. The first-order valence-electron chi connectivity index (χ1n) is 5.08. The van der Waals surface area contributed by atoms with Gasteiger partial charge in [0.2, 0.25) is 0 Å². The van der Waals surface area contributed by atoms with Crippen LogP contribution in [0.25, 0.3) is 5.52 Å². The Labute approximate surface area is 98.4 Å². The Balaban J connectivity index is 1.91. The van der Waals surface area contributed by atoms with Gasteiger partial charge in [-0.15, -0.1) is 11.6 Å². The third kappa shape index (κ3) is 2.62. The molecule has 0 amide bonds. The van der Waals surface area contributed by atoms with Crippen molar-refractivity contribution in [3.05, 3.63) is 24.7 Å². The van der Waals surface area contributed by atoms with E-state index in [1.807, 2.05) is 12.3 Å². The molecule has 2 rings (SSSR count). The topological polar surface area (TPSA) is 51.5 Å². The van der Waals surface area contributed by atoms with Crippen LogP contribution in [0.5, 0.6) is 0 Å². The molecule has 0 spiro atoms. The van der Waals surface area contributed by atoms with Crippen molar-refractivity contribution in [2.24, 2.45) is 0 Å². The normalized spacial score (nSPS) is 10.8. The van der Waals surface area contributed by atoms with Crippen molar-refractivity contribution >= 4 is 22.9 Å². The maximum atomic E-state index is 5.49. The van der Waals surface area contributed by atoms with E-state index in [0.29, 0.717) is 25.6 Å². The summed E-state index contributed by atoms with van der Waals surface area (Å²) < 4.78 is 7.03. The molecule has 0 aliphatic carbocycles. The van der Waals surface area contributed by atoms with Crippen LogP contribution >= 0.6 is 11.6 Å². The molecule has 0 saturated carbocycles. The molecular weight excluding hydrogens is 228 g/mol. The molecule has 2 aromatic rings. The molecule has 5 nitrogen and oxygen atoms in total. The number of ether oxygens (including phenoxy) is 1. The quantitative estimate of drug-likeness (QED) is 0.613. The van der Waals surface area contributed by atoms with Crippen molar-refractivity contribution in [3.8, 4) is 0 Å². The van der Waals surface area contributed by atoms with Crippen LogP contribution in [0.15, 0.2) is 24.7 Å². The molecule has 0 fully saturated rings. The predicted octanol–water partition coefficient (Wildman–Crippen LogP) is 1.40. The fourth-order valence-corrected chi connectivity index (χ4v) is 1.50. The Kier molecular flexibility index (Phi) is 3.96. The molecule has 86 valence electrons. The monoisotopic (exact) mass is 240 g/mol. The average Bonchev–Trinajstić information content (AvgIpc) is 2.77. The second-order valence-electron chi connectivity index (χ2n) is 3.16. The number of nitrogens with one attached hydrogen (secondary N) is 1. The zero-order chi connectivity index (χ0) is 11.2. The Hall–Kier alpha value is -1.33. The van der Waals surface area contributed by atoms with Crippen molar-refractivity contribution in [3.63, 3.8) is 0 Å². The second-order valence-corrected chi connectivity index (χ2v) is 3.54. The van der Waals surface area contributed by atoms with Gasteiger partial charge in [-0.2, -0.15) is 5.10 Å². The predicted molar refractivity (Wildman–Crippen MR) is 63.0 cm³/mol. The van der Waals surface area contributed by atoms with Crippen molar-refractivity contribution < 1.29 is 4.74 Å². The number of nitrogens with zero attached hydrogens (tertiary/aromatic N) is 3. The molecule has 6 heteroatoms. The molecule has 0 unspecified atom stereocenters. The zero-order valence-electron chi connectivity index (χ0n) is 8.77. The molecule has 0 atom stereocenters. The number of alkyl halides is 1. The highest BCUT2D eigenvalue weighted by Gasteiger charge is 2.01. The maximum absolute atomic E-state index is 5.49. The molecule has 1 N–H and O–H groups in total. The summed E-state index contributed by atoms with van der Waals surface area (Å²) in [6.07, 6.45) is 5.26. The summed E-state index contributed by atoms with van der Waals surface area (Å²) in [5.74, 6) is 1.34. The molecule has 0 aliphatic heterocycles. The van der Waals surface area contributed by atoms with Gasteiger partial charge in [-0.05, 0) is 6.07 Å². The summed E-state index contributed by atoms with van der Waals surface area (Å²) >= 11 is 5.49. The van der Waals surface area contributed by atoms with E-state index in [4.69, 9.17) is 16.3 Å². The molecule has 0 aliphatic rings. The van der Waals surface area contributed by atoms with E-state index in [1.165, 1.54) is 0 Å². The van der Waals surface area contributed by atoms with Crippen molar-refractivity contribution in [2.45, 2.75) is 0 Å². The van der Waals surface area contributed by atoms with E-state index in [9.17, 15) is 0 Å². The van der Waals surface area contributed by atoms with Crippen LogP contribution < -0.4 is 5.32 Å². The van der Waals surface area contributed by atoms with E-state index in [0.717, 1.165) is 11.3 Å². The van der Waals surface area contributed by atoms with Crippen molar-refractivity contribution in [1.29, 1.82) is 0 Å². The maximum Gasteiger partial charge on any atom is 0.152 e. The van der Waals surface area contributed by atoms with Gasteiger partial charge in [0.25, 0.3) is 0 Å². The van der Waals surface area contributed by atoms with Gasteiger partial charge in [-0.1, -0.05) is 0 Å². The molecule has 0 radical (unpaired) electrons. The van der Waals surface area contributed by atoms with Crippen LogP contribution in [0.2, 0.25) is 0 Å². The minimum absolute atomic E-state index is 0.524. The summed E-state index contributed by atoms with van der Waals surface area (Å²) in [6, 6.07) is 1.91. The third-order valence-electron chi connectivity index (χ3n) is 2.08. The molecule has 0 saturated heterocycles. The van der Waals surface area contributed by atoms with Crippen LogP contribution in [0.1, 0.15) is 0 Å². The van der Waals surface area contributed by atoms with Gasteiger partial charge >= 0.3 is 0 Å². The summed E-state index contributed by atoms with van der Waals surface area (Å²) in [5, 5.41) is 7.32. The number of aromatic nitrogens is 3.